The molecule has 1 N–H and O–H groups in total. The second kappa shape index (κ2) is 7.31. The van der Waals surface area contributed by atoms with Crippen molar-refractivity contribution in [3.05, 3.63) is 53.9 Å². The number of piperazine rings is 1. The summed E-state index contributed by atoms with van der Waals surface area (Å²) in [5.74, 6) is 1.71. The van der Waals surface area contributed by atoms with Crippen LogP contribution in [0.4, 0.5) is 0 Å². The maximum atomic E-state index is 5.78. The molecule has 3 aliphatic rings. The highest BCUT2D eigenvalue weighted by Gasteiger charge is 2.21. The van der Waals surface area contributed by atoms with Gasteiger partial charge in [-0.2, -0.15) is 0 Å². The molecule has 0 bridgehead atoms. The SMILES string of the molecule is C1=CN(CCC2CCOc3ccccc32)CC=C1N1CCNCC1. The van der Waals surface area contributed by atoms with E-state index in [1.165, 1.54) is 17.7 Å². The Kier molecular flexibility index (Phi) is 4.74. The minimum atomic E-state index is 0.627. The molecule has 24 heavy (non-hydrogen) atoms. The lowest BCUT2D eigenvalue weighted by molar-refractivity contribution is 0.253. The summed E-state index contributed by atoms with van der Waals surface area (Å²) in [5.41, 5.74) is 2.78. The van der Waals surface area contributed by atoms with Crippen LogP contribution in [0.25, 0.3) is 0 Å². The van der Waals surface area contributed by atoms with Crippen LogP contribution in [0.2, 0.25) is 0 Å². The van der Waals surface area contributed by atoms with Crippen molar-refractivity contribution in [2.45, 2.75) is 18.8 Å². The Morgan fingerprint density at radius 3 is 2.88 bits per heavy atom. The molecular formula is C20H27N3O. The van der Waals surface area contributed by atoms with E-state index in [1.54, 1.807) is 0 Å². The van der Waals surface area contributed by atoms with Gasteiger partial charge in [0.2, 0.25) is 0 Å². The van der Waals surface area contributed by atoms with E-state index in [1.807, 2.05) is 0 Å². The maximum Gasteiger partial charge on any atom is 0.122 e. The predicted octanol–water partition coefficient (Wildman–Crippen LogP) is 2.56. The molecular weight excluding hydrogens is 298 g/mol. The van der Waals surface area contributed by atoms with Gasteiger partial charge >= 0.3 is 0 Å². The van der Waals surface area contributed by atoms with Crippen LogP contribution in [-0.4, -0.2) is 55.7 Å². The second-order valence-corrected chi connectivity index (χ2v) is 6.84. The lowest BCUT2D eigenvalue weighted by atomic mass is 9.90. The van der Waals surface area contributed by atoms with Gasteiger partial charge in [-0.05, 0) is 42.5 Å². The van der Waals surface area contributed by atoms with Gasteiger partial charge in [0.25, 0.3) is 0 Å². The standard InChI is InChI=1S/C20H27N3O/c1-2-4-20-19(3-1)17(8-16-24-20)5-11-22-12-6-18(7-13-22)23-14-9-21-10-15-23/h1-4,6-7,12,17,21H,5,8-11,13-16H2. The molecule has 0 spiro atoms. The van der Waals surface area contributed by atoms with E-state index in [-0.39, 0.29) is 0 Å². The maximum absolute atomic E-state index is 5.78. The van der Waals surface area contributed by atoms with Gasteiger partial charge in [0.15, 0.2) is 0 Å². The molecule has 3 heterocycles. The van der Waals surface area contributed by atoms with Crippen LogP contribution < -0.4 is 10.1 Å². The minimum absolute atomic E-state index is 0.627. The van der Waals surface area contributed by atoms with Gasteiger partial charge < -0.3 is 19.9 Å². The quantitative estimate of drug-likeness (QED) is 0.921. The number of benzene rings is 1. The van der Waals surface area contributed by atoms with Crippen molar-refractivity contribution in [3.8, 4) is 5.75 Å². The fraction of sp³-hybridized carbons (Fsp3) is 0.500. The minimum Gasteiger partial charge on any atom is -0.493 e. The van der Waals surface area contributed by atoms with Crippen LogP contribution in [-0.2, 0) is 0 Å². The van der Waals surface area contributed by atoms with Crippen LogP contribution in [0.5, 0.6) is 5.75 Å². The molecule has 1 saturated heterocycles. The Hall–Kier alpha value is -1.94. The Morgan fingerprint density at radius 2 is 2.04 bits per heavy atom. The third kappa shape index (κ3) is 3.44. The van der Waals surface area contributed by atoms with E-state index in [4.69, 9.17) is 4.74 Å². The molecule has 4 nitrogen and oxygen atoms in total. The third-order valence-corrected chi connectivity index (χ3v) is 5.32. The van der Waals surface area contributed by atoms with Gasteiger partial charge in [-0.1, -0.05) is 18.2 Å². The Labute approximate surface area is 144 Å². The highest BCUT2D eigenvalue weighted by atomic mass is 16.5. The smallest absolute Gasteiger partial charge is 0.122 e. The molecule has 1 unspecified atom stereocenters. The van der Waals surface area contributed by atoms with Gasteiger partial charge in [0.05, 0.1) is 6.61 Å². The largest absolute Gasteiger partial charge is 0.493 e. The summed E-state index contributed by atoms with van der Waals surface area (Å²) in [5, 5.41) is 3.41. The summed E-state index contributed by atoms with van der Waals surface area (Å²) < 4.78 is 5.78. The molecule has 0 aromatic heterocycles. The van der Waals surface area contributed by atoms with Gasteiger partial charge in [-0.25, -0.2) is 0 Å². The highest BCUT2D eigenvalue weighted by molar-refractivity contribution is 5.37. The molecule has 1 atom stereocenters. The number of hydrogen-bond donors (Lipinski definition) is 1. The first-order valence-electron chi connectivity index (χ1n) is 9.20. The summed E-state index contributed by atoms with van der Waals surface area (Å²) in [6.45, 7) is 7.42. The lowest BCUT2D eigenvalue weighted by Gasteiger charge is -2.33. The lowest BCUT2D eigenvalue weighted by Crippen LogP contribution is -2.43. The van der Waals surface area contributed by atoms with Crippen LogP contribution in [0.1, 0.15) is 24.3 Å². The fourth-order valence-corrected chi connectivity index (χ4v) is 3.88. The first-order valence-corrected chi connectivity index (χ1v) is 9.20. The van der Waals surface area contributed by atoms with E-state index in [0.29, 0.717) is 5.92 Å². The number of para-hydroxylation sites is 1. The third-order valence-electron chi connectivity index (χ3n) is 5.32. The zero-order valence-corrected chi connectivity index (χ0v) is 14.3. The average Bonchev–Trinajstić information content (AvgIpc) is 2.67. The molecule has 0 aliphatic carbocycles. The first-order chi connectivity index (χ1) is 11.9. The molecule has 1 aromatic carbocycles. The summed E-state index contributed by atoms with van der Waals surface area (Å²) in [7, 11) is 0. The van der Waals surface area contributed by atoms with Gasteiger partial charge in [-0.15, -0.1) is 0 Å². The molecule has 0 radical (unpaired) electrons. The molecule has 1 aromatic rings. The van der Waals surface area contributed by atoms with Crippen LogP contribution in [0, 0.1) is 0 Å². The summed E-state index contributed by atoms with van der Waals surface area (Å²) in [6, 6.07) is 8.53. The van der Waals surface area contributed by atoms with E-state index < -0.39 is 0 Å². The molecule has 128 valence electrons. The van der Waals surface area contributed by atoms with E-state index in [0.717, 1.165) is 58.0 Å². The number of nitrogens with one attached hydrogen (secondary N) is 1. The van der Waals surface area contributed by atoms with Crippen molar-refractivity contribution in [1.82, 2.24) is 15.1 Å². The number of hydrogen-bond acceptors (Lipinski definition) is 4. The van der Waals surface area contributed by atoms with Crippen LogP contribution >= 0.6 is 0 Å². The van der Waals surface area contributed by atoms with E-state index >= 15 is 0 Å². The van der Waals surface area contributed by atoms with E-state index in [2.05, 4.69) is 57.7 Å². The zero-order chi connectivity index (χ0) is 16.2. The Bertz CT molecular complexity index is 619. The fourth-order valence-electron chi connectivity index (χ4n) is 3.88. The van der Waals surface area contributed by atoms with Gasteiger partial charge in [0.1, 0.15) is 5.75 Å². The average molecular weight is 325 g/mol. The Balaban J connectivity index is 1.31. The molecule has 4 heteroatoms. The van der Waals surface area contributed by atoms with Crippen molar-refractivity contribution < 1.29 is 4.74 Å². The zero-order valence-electron chi connectivity index (χ0n) is 14.3. The number of allylic oxidation sites excluding steroid dienone is 1. The topological polar surface area (TPSA) is 27.7 Å². The van der Waals surface area contributed by atoms with Crippen molar-refractivity contribution in [2.24, 2.45) is 0 Å². The molecule has 4 rings (SSSR count). The van der Waals surface area contributed by atoms with Crippen molar-refractivity contribution in [1.29, 1.82) is 0 Å². The number of ether oxygens (including phenoxy) is 1. The van der Waals surface area contributed by atoms with Crippen molar-refractivity contribution >= 4 is 0 Å². The predicted molar refractivity (Wildman–Crippen MR) is 97.2 cm³/mol. The normalized spacial score (nSPS) is 23.5. The van der Waals surface area contributed by atoms with Crippen LogP contribution in [0.15, 0.2) is 48.3 Å². The summed E-state index contributed by atoms with van der Waals surface area (Å²) >= 11 is 0. The molecule has 0 amide bonds. The number of nitrogens with zero attached hydrogens (tertiary/aromatic N) is 2. The number of fused-ring (bicyclic) bond motifs is 1. The van der Waals surface area contributed by atoms with Crippen molar-refractivity contribution in [3.63, 3.8) is 0 Å². The highest BCUT2D eigenvalue weighted by Crippen LogP contribution is 2.35. The molecule has 0 saturated carbocycles. The summed E-state index contributed by atoms with van der Waals surface area (Å²) in [6.07, 6.45) is 9.27. The Morgan fingerprint density at radius 1 is 1.17 bits per heavy atom. The van der Waals surface area contributed by atoms with Crippen molar-refractivity contribution in [2.75, 3.05) is 45.9 Å². The molecule has 1 fully saturated rings. The molecule has 3 aliphatic heterocycles. The van der Waals surface area contributed by atoms with Gasteiger partial charge in [-0.3, -0.25) is 0 Å². The van der Waals surface area contributed by atoms with E-state index in [9.17, 15) is 0 Å². The van der Waals surface area contributed by atoms with Crippen LogP contribution in [0.3, 0.4) is 0 Å². The first kappa shape index (κ1) is 15.6. The monoisotopic (exact) mass is 325 g/mol. The summed E-state index contributed by atoms with van der Waals surface area (Å²) in [4.78, 5) is 4.92. The van der Waals surface area contributed by atoms with Gasteiger partial charge in [0, 0.05) is 51.2 Å². The second-order valence-electron chi connectivity index (χ2n) is 6.84. The number of rotatable bonds is 4.